The normalized spacial score (nSPS) is 17.2. The van der Waals surface area contributed by atoms with Gasteiger partial charge in [-0.2, -0.15) is 13.2 Å². The molecule has 0 spiro atoms. The minimum Gasteiger partial charge on any atom is -0.347 e. The first-order valence-electron chi connectivity index (χ1n) is 5.63. The molecule has 0 unspecified atom stereocenters. The third-order valence-electron chi connectivity index (χ3n) is 3.22. The van der Waals surface area contributed by atoms with Crippen molar-refractivity contribution < 1.29 is 13.2 Å². The summed E-state index contributed by atoms with van der Waals surface area (Å²) in [6.45, 7) is 2.02. The molecule has 1 aliphatic heterocycles. The quantitative estimate of drug-likeness (QED) is 0.788. The van der Waals surface area contributed by atoms with E-state index in [1.54, 1.807) is 4.90 Å². The van der Waals surface area contributed by atoms with E-state index in [4.69, 9.17) is 0 Å². The molecule has 1 fully saturated rings. The molecule has 0 aliphatic carbocycles. The third-order valence-corrected chi connectivity index (χ3v) is 4.31. The largest absolute Gasteiger partial charge is 0.395 e. The summed E-state index contributed by atoms with van der Waals surface area (Å²) in [7, 11) is 0. The molecule has 2 heterocycles. The smallest absolute Gasteiger partial charge is 0.347 e. The average Bonchev–Trinajstić information content (AvgIpc) is 2.57. The number of fused-ring (bicyclic) bond motifs is 1. The Morgan fingerprint density at radius 3 is 2.67 bits per heavy atom. The van der Waals surface area contributed by atoms with Gasteiger partial charge in [-0.1, -0.05) is 23.5 Å². The molecule has 2 nitrogen and oxygen atoms in total. The maximum atomic E-state index is 12.4. The summed E-state index contributed by atoms with van der Waals surface area (Å²) in [4.78, 5) is 6.12. The number of rotatable bonds is 1. The van der Waals surface area contributed by atoms with Crippen LogP contribution in [0.3, 0.4) is 0 Å². The lowest BCUT2D eigenvalue weighted by Crippen LogP contribution is -2.53. The van der Waals surface area contributed by atoms with Gasteiger partial charge < -0.3 is 4.90 Å². The molecule has 1 aromatic carbocycles. The van der Waals surface area contributed by atoms with Gasteiger partial charge in [0.05, 0.1) is 16.1 Å². The predicted octanol–water partition coefficient (Wildman–Crippen LogP) is 3.60. The molecule has 0 bridgehead atoms. The number of aryl methyl sites for hydroxylation is 1. The summed E-state index contributed by atoms with van der Waals surface area (Å²) in [5.74, 6) is -1.20. The maximum absolute atomic E-state index is 12.4. The maximum Gasteiger partial charge on any atom is 0.395 e. The van der Waals surface area contributed by atoms with Gasteiger partial charge in [-0.25, -0.2) is 4.98 Å². The van der Waals surface area contributed by atoms with Crippen molar-refractivity contribution in [2.24, 2.45) is 5.92 Å². The van der Waals surface area contributed by atoms with E-state index in [-0.39, 0.29) is 13.1 Å². The molecule has 0 N–H and O–H groups in total. The molecule has 0 saturated carbocycles. The van der Waals surface area contributed by atoms with Crippen LogP contribution in [0.4, 0.5) is 18.3 Å². The highest BCUT2D eigenvalue weighted by molar-refractivity contribution is 7.22. The van der Waals surface area contributed by atoms with Gasteiger partial charge in [-0.05, 0) is 18.6 Å². The fraction of sp³-hybridized carbons (Fsp3) is 0.417. The highest BCUT2D eigenvalue weighted by Crippen LogP contribution is 2.39. The fourth-order valence-corrected chi connectivity index (χ4v) is 3.11. The highest BCUT2D eigenvalue weighted by Gasteiger charge is 2.47. The number of nitrogens with zero attached hydrogens (tertiary/aromatic N) is 2. The summed E-state index contributed by atoms with van der Waals surface area (Å²) < 4.78 is 38.3. The van der Waals surface area contributed by atoms with Gasteiger partial charge in [0.1, 0.15) is 0 Å². The van der Waals surface area contributed by atoms with Crippen molar-refractivity contribution in [1.82, 2.24) is 4.98 Å². The number of hydrogen-bond acceptors (Lipinski definition) is 3. The number of alkyl halides is 3. The van der Waals surface area contributed by atoms with Crippen LogP contribution < -0.4 is 4.90 Å². The van der Waals surface area contributed by atoms with Gasteiger partial charge >= 0.3 is 6.18 Å². The Hall–Kier alpha value is -1.30. The van der Waals surface area contributed by atoms with Crippen molar-refractivity contribution in [3.63, 3.8) is 0 Å². The summed E-state index contributed by atoms with van der Waals surface area (Å²) >= 11 is 1.46. The van der Waals surface area contributed by atoms with Crippen LogP contribution in [0.25, 0.3) is 10.2 Å². The average molecular weight is 272 g/mol. The second-order valence-corrected chi connectivity index (χ2v) is 5.57. The molecule has 0 radical (unpaired) electrons. The summed E-state index contributed by atoms with van der Waals surface area (Å²) in [6.07, 6.45) is -4.08. The minimum absolute atomic E-state index is 0.0301. The Morgan fingerprint density at radius 2 is 2.06 bits per heavy atom. The van der Waals surface area contributed by atoms with Crippen LogP contribution in [0.2, 0.25) is 0 Å². The molecule has 3 rings (SSSR count). The van der Waals surface area contributed by atoms with Crippen LogP contribution in [0, 0.1) is 12.8 Å². The zero-order valence-electron chi connectivity index (χ0n) is 9.66. The van der Waals surface area contributed by atoms with E-state index in [1.807, 2.05) is 25.1 Å². The number of halogens is 3. The standard InChI is InChI=1S/C12H11F3N2S/c1-7-3-2-4-9-10(7)16-11(18-9)17-5-8(6-17)12(13,14)15/h2-4,8H,5-6H2,1H3. The van der Waals surface area contributed by atoms with E-state index < -0.39 is 12.1 Å². The molecule has 1 aromatic heterocycles. The Morgan fingerprint density at radius 1 is 1.33 bits per heavy atom. The minimum atomic E-state index is -4.08. The molecule has 1 saturated heterocycles. The molecule has 18 heavy (non-hydrogen) atoms. The monoisotopic (exact) mass is 272 g/mol. The van der Waals surface area contributed by atoms with Crippen LogP contribution in [-0.4, -0.2) is 24.2 Å². The van der Waals surface area contributed by atoms with Gasteiger partial charge in [0.15, 0.2) is 5.13 Å². The van der Waals surface area contributed by atoms with Crippen LogP contribution in [-0.2, 0) is 0 Å². The van der Waals surface area contributed by atoms with E-state index in [9.17, 15) is 13.2 Å². The summed E-state index contributed by atoms with van der Waals surface area (Å²) in [5.41, 5.74) is 1.95. The number of anilines is 1. The lowest BCUT2D eigenvalue weighted by Gasteiger charge is -2.39. The van der Waals surface area contributed by atoms with E-state index in [0.717, 1.165) is 15.8 Å². The summed E-state index contributed by atoms with van der Waals surface area (Å²) in [6, 6.07) is 5.85. The molecule has 2 aromatic rings. The van der Waals surface area contributed by atoms with Crippen LogP contribution in [0.15, 0.2) is 18.2 Å². The number of benzene rings is 1. The van der Waals surface area contributed by atoms with Crippen molar-refractivity contribution in [2.45, 2.75) is 13.1 Å². The lowest BCUT2D eigenvalue weighted by molar-refractivity contribution is -0.180. The molecule has 96 valence electrons. The summed E-state index contributed by atoms with van der Waals surface area (Å²) in [5, 5.41) is 0.694. The molecule has 0 atom stereocenters. The topological polar surface area (TPSA) is 16.1 Å². The second kappa shape index (κ2) is 3.85. The van der Waals surface area contributed by atoms with Crippen molar-refractivity contribution in [1.29, 1.82) is 0 Å². The van der Waals surface area contributed by atoms with Crippen molar-refractivity contribution in [3.8, 4) is 0 Å². The van der Waals surface area contributed by atoms with Gasteiger partial charge in [0.2, 0.25) is 0 Å². The first kappa shape index (κ1) is 11.8. The van der Waals surface area contributed by atoms with E-state index in [1.165, 1.54) is 11.3 Å². The molecule has 0 amide bonds. The number of hydrogen-bond donors (Lipinski definition) is 0. The number of para-hydroxylation sites is 1. The van der Waals surface area contributed by atoms with E-state index in [0.29, 0.717) is 5.13 Å². The van der Waals surface area contributed by atoms with Gasteiger partial charge in [-0.15, -0.1) is 0 Å². The van der Waals surface area contributed by atoms with Crippen LogP contribution in [0.1, 0.15) is 5.56 Å². The van der Waals surface area contributed by atoms with E-state index >= 15 is 0 Å². The Balaban J connectivity index is 1.83. The SMILES string of the molecule is Cc1cccc2sc(N3CC(C(F)(F)F)C3)nc12. The third kappa shape index (κ3) is 1.84. The van der Waals surface area contributed by atoms with Gasteiger partial charge in [0, 0.05) is 13.1 Å². The van der Waals surface area contributed by atoms with Crippen LogP contribution >= 0.6 is 11.3 Å². The molecular formula is C12H11F3N2S. The van der Waals surface area contributed by atoms with Gasteiger partial charge in [0.25, 0.3) is 0 Å². The zero-order valence-corrected chi connectivity index (χ0v) is 10.5. The van der Waals surface area contributed by atoms with Crippen molar-refractivity contribution in [3.05, 3.63) is 23.8 Å². The number of thiazole rings is 1. The van der Waals surface area contributed by atoms with E-state index in [2.05, 4.69) is 4.98 Å². The molecule has 1 aliphatic rings. The second-order valence-electron chi connectivity index (χ2n) is 4.56. The molecule has 6 heteroatoms. The first-order valence-corrected chi connectivity index (χ1v) is 6.44. The number of aromatic nitrogens is 1. The van der Waals surface area contributed by atoms with Crippen molar-refractivity contribution in [2.75, 3.05) is 18.0 Å². The molecular weight excluding hydrogens is 261 g/mol. The zero-order chi connectivity index (χ0) is 12.9. The Labute approximate surface area is 106 Å². The first-order chi connectivity index (χ1) is 8.45. The van der Waals surface area contributed by atoms with Crippen molar-refractivity contribution >= 4 is 26.7 Å². The lowest BCUT2D eigenvalue weighted by atomic mass is 10.0. The Kier molecular flexibility index (Phi) is 2.52. The van der Waals surface area contributed by atoms with Crippen LogP contribution in [0.5, 0.6) is 0 Å². The Bertz CT molecular complexity index is 585. The fourth-order valence-electron chi connectivity index (χ4n) is 2.05. The highest BCUT2D eigenvalue weighted by atomic mass is 32.1. The van der Waals surface area contributed by atoms with Gasteiger partial charge in [-0.3, -0.25) is 0 Å². The predicted molar refractivity (Wildman–Crippen MR) is 66.1 cm³/mol.